The van der Waals surface area contributed by atoms with E-state index in [0.29, 0.717) is 23.6 Å². The molecule has 0 amide bonds. The van der Waals surface area contributed by atoms with Crippen LogP contribution in [0.1, 0.15) is 24.1 Å². The van der Waals surface area contributed by atoms with Crippen LogP contribution in [0.3, 0.4) is 0 Å². The minimum Gasteiger partial charge on any atom is -0.349 e. The molecule has 0 aliphatic rings. The summed E-state index contributed by atoms with van der Waals surface area (Å²) in [5, 5.41) is 18.7. The monoisotopic (exact) mass is 157 g/mol. The molecule has 0 atom stereocenters. The molecule has 4 heteroatoms. The Morgan fingerprint density at radius 3 is 2.18 bits per heavy atom. The Labute approximate surface area is 65.2 Å². The lowest BCUT2D eigenvalue weighted by Crippen LogP contribution is -2.36. The van der Waals surface area contributed by atoms with Gasteiger partial charge < -0.3 is 10.4 Å². The van der Waals surface area contributed by atoms with Gasteiger partial charge in [0.1, 0.15) is 0 Å². The van der Waals surface area contributed by atoms with E-state index in [-0.39, 0.29) is 0 Å². The van der Waals surface area contributed by atoms with Crippen LogP contribution in [0.25, 0.3) is 0 Å². The van der Waals surface area contributed by atoms with Crippen LogP contribution in [0, 0.1) is 13.8 Å². The molecular formula is C7H13N2O2+. The molecule has 0 unspecified atom stereocenters. The van der Waals surface area contributed by atoms with E-state index >= 15 is 0 Å². The molecule has 1 heterocycles. The summed E-state index contributed by atoms with van der Waals surface area (Å²) in [6.45, 7) is 5.37. The van der Waals surface area contributed by atoms with Crippen molar-refractivity contribution in [1.29, 1.82) is 0 Å². The maximum Gasteiger partial charge on any atom is 0.334 e. The smallest absolute Gasteiger partial charge is 0.334 e. The summed E-state index contributed by atoms with van der Waals surface area (Å²) < 4.78 is 2.02. The van der Waals surface area contributed by atoms with E-state index < -0.39 is 0 Å². The molecule has 0 aromatic carbocycles. The fourth-order valence-corrected chi connectivity index (χ4v) is 1.08. The van der Waals surface area contributed by atoms with Crippen molar-refractivity contribution in [3.8, 4) is 0 Å². The first-order valence-electron chi connectivity index (χ1n) is 3.61. The van der Waals surface area contributed by atoms with E-state index in [0.717, 1.165) is 9.46 Å². The van der Waals surface area contributed by atoms with Crippen LogP contribution in [0.5, 0.6) is 0 Å². The summed E-state index contributed by atoms with van der Waals surface area (Å²) in [5.41, 5.74) is 1.34. The van der Waals surface area contributed by atoms with Gasteiger partial charge in [-0.05, 0) is 9.46 Å². The largest absolute Gasteiger partial charge is 0.349 e. The van der Waals surface area contributed by atoms with Gasteiger partial charge in [-0.2, -0.15) is 0 Å². The molecule has 2 N–H and O–H groups in total. The minimum atomic E-state index is 0.500. The maximum atomic E-state index is 9.34. The Morgan fingerprint density at radius 1 is 1.45 bits per heavy atom. The third kappa shape index (κ3) is 0.943. The highest BCUT2D eigenvalue weighted by molar-refractivity contribution is 5.04. The zero-order valence-corrected chi connectivity index (χ0v) is 7.00. The van der Waals surface area contributed by atoms with Gasteiger partial charge in [0.25, 0.3) is 0 Å². The SMILES string of the molecule is CCc1n(O)c(C)c(C)[n+]1O. The molecule has 0 radical (unpaired) electrons. The molecule has 1 rings (SSSR count). The summed E-state index contributed by atoms with van der Waals surface area (Å²) in [6, 6.07) is 0. The van der Waals surface area contributed by atoms with Gasteiger partial charge in [-0.15, -0.1) is 0 Å². The van der Waals surface area contributed by atoms with Crippen molar-refractivity contribution in [1.82, 2.24) is 4.73 Å². The van der Waals surface area contributed by atoms with Gasteiger partial charge in [0.15, 0.2) is 11.4 Å². The zero-order chi connectivity index (χ0) is 8.59. The summed E-state index contributed by atoms with van der Waals surface area (Å²) in [4.78, 5) is 0. The number of rotatable bonds is 1. The Morgan fingerprint density at radius 2 is 2.00 bits per heavy atom. The molecule has 62 valence electrons. The van der Waals surface area contributed by atoms with Crippen LogP contribution in [0.2, 0.25) is 0 Å². The average Bonchev–Trinajstić information content (AvgIpc) is 2.17. The molecule has 0 aliphatic heterocycles. The first-order valence-corrected chi connectivity index (χ1v) is 3.61. The third-order valence-corrected chi connectivity index (χ3v) is 1.96. The van der Waals surface area contributed by atoms with Crippen molar-refractivity contribution in [3.05, 3.63) is 17.2 Å². The van der Waals surface area contributed by atoms with Gasteiger partial charge in [-0.25, -0.2) is 0 Å². The van der Waals surface area contributed by atoms with Crippen molar-refractivity contribution >= 4 is 0 Å². The van der Waals surface area contributed by atoms with Crippen LogP contribution in [-0.2, 0) is 6.42 Å². The highest BCUT2D eigenvalue weighted by Gasteiger charge is 2.23. The first-order chi connectivity index (χ1) is 5.09. The van der Waals surface area contributed by atoms with Gasteiger partial charge in [0.05, 0.1) is 6.42 Å². The number of hydrogen-bond donors (Lipinski definition) is 2. The number of nitrogens with zero attached hydrogens (tertiary/aromatic N) is 2. The average molecular weight is 157 g/mol. The molecule has 0 bridgehead atoms. The summed E-state index contributed by atoms with van der Waals surface area (Å²) in [7, 11) is 0. The molecule has 4 nitrogen and oxygen atoms in total. The van der Waals surface area contributed by atoms with Gasteiger partial charge >= 0.3 is 5.82 Å². The summed E-state index contributed by atoms with van der Waals surface area (Å²) in [5.74, 6) is 0.500. The van der Waals surface area contributed by atoms with E-state index in [1.807, 2.05) is 6.92 Å². The highest BCUT2D eigenvalue weighted by atomic mass is 16.5. The predicted octanol–water partition coefficient (Wildman–Crippen LogP) is 0.429. The third-order valence-electron chi connectivity index (χ3n) is 1.96. The zero-order valence-electron chi connectivity index (χ0n) is 7.00. The standard InChI is InChI=1S/C7H13N2O2/c1-4-7-8(10)5(2)6(3)9(7)11/h10-11H,4H2,1-3H3/q+1. The lowest BCUT2D eigenvalue weighted by atomic mass is 10.4. The van der Waals surface area contributed by atoms with Crippen LogP contribution in [0.4, 0.5) is 0 Å². The Bertz CT molecular complexity index is 253. The maximum absolute atomic E-state index is 9.34. The van der Waals surface area contributed by atoms with E-state index in [1.54, 1.807) is 13.8 Å². The van der Waals surface area contributed by atoms with Crippen molar-refractivity contribution in [3.63, 3.8) is 0 Å². The van der Waals surface area contributed by atoms with Crippen LogP contribution < -0.4 is 4.73 Å². The number of aromatic nitrogens is 2. The minimum absolute atomic E-state index is 0.500. The van der Waals surface area contributed by atoms with E-state index in [9.17, 15) is 10.4 Å². The fourth-order valence-electron chi connectivity index (χ4n) is 1.08. The fraction of sp³-hybridized carbons (Fsp3) is 0.571. The Kier molecular flexibility index (Phi) is 1.76. The number of imidazole rings is 1. The molecule has 1 aromatic rings. The topological polar surface area (TPSA) is 49.3 Å². The molecule has 0 spiro atoms. The second kappa shape index (κ2) is 2.45. The van der Waals surface area contributed by atoms with Crippen LogP contribution in [-0.4, -0.2) is 15.1 Å². The summed E-state index contributed by atoms with van der Waals surface area (Å²) in [6.07, 6.45) is 0.599. The van der Waals surface area contributed by atoms with Gasteiger partial charge in [0.2, 0.25) is 0 Å². The summed E-state index contributed by atoms with van der Waals surface area (Å²) >= 11 is 0. The quantitative estimate of drug-likeness (QED) is 0.458. The van der Waals surface area contributed by atoms with Crippen LogP contribution >= 0.6 is 0 Å². The Hall–Kier alpha value is -1.19. The van der Waals surface area contributed by atoms with E-state index in [4.69, 9.17) is 0 Å². The molecule has 0 saturated heterocycles. The molecule has 11 heavy (non-hydrogen) atoms. The normalized spacial score (nSPS) is 10.5. The molecule has 0 aliphatic carbocycles. The van der Waals surface area contributed by atoms with Crippen LogP contribution in [0.15, 0.2) is 0 Å². The van der Waals surface area contributed by atoms with Gasteiger partial charge in [-0.3, -0.25) is 0 Å². The van der Waals surface area contributed by atoms with Gasteiger partial charge in [-0.1, -0.05) is 6.92 Å². The lowest BCUT2D eigenvalue weighted by molar-refractivity contribution is -0.913. The van der Waals surface area contributed by atoms with Crippen molar-refractivity contribution in [2.45, 2.75) is 27.2 Å². The second-order valence-electron chi connectivity index (χ2n) is 2.56. The molecule has 0 fully saturated rings. The van der Waals surface area contributed by atoms with E-state index in [2.05, 4.69) is 0 Å². The number of hydrogen-bond acceptors (Lipinski definition) is 2. The van der Waals surface area contributed by atoms with Crippen molar-refractivity contribution in [2.75, 3.05) is 0 Å². The van der Waals surface area contributed by atoms with Gasteiger partial charge in [0, 0.05) is 13.8 Å². The van der Waals surface area contributed by atoms with E-state index in [1.165, 1.54) is 0 Å². The first kappa shape index (κ1) is 7.91. The molecule has 0 saturated carbocycles. The second-order valence-corrected chi connectivity index (χ2v) is 2.56. The predicted molar refractivity (Wildman–Crippen MR) is 37.8 cm³/mol. The Balaban J connectivity index is 3.36. The molecule has 1 aromatic heterocycles. The van der Waals surface area contributed by atoms with Crippen molar-refractivity contribution < 1.29 is 15.1 Å². The molecular weight excluding hydrogens is 144 g/mol. The van der Waals surface area contributed by atoms with Crippen molar-refractivity contribution in [2.24, 2.45) is 0 Å². The lowest BCUT2D eigenvalue weighted by Gasteiger charge is -1.88. The highest BCUT2D eigenvalue weighted by Crippen LogP contribution is 2.04.